The van der Waals surface area contributed by atoms with Crippen LogP contribution in [0.3, 0.4) is 0 Å². The first-order valence-corrected chi connectivity index (χ1v) is 8.05. The van der Waals surface area contributed by atoms with Crippen LogP contribution in [-0.4, -0.2) is 49.6 Å². The van der Waals surface area contributed by atoms with Gasteiger partial charge in [-0.3, -0.25) is 4.90 Å². The molecule has 122 valence electrons. The number of nitrogens with zero attached hydrogens (tertiary/aromatic N) is 1. The fourth-order valence-electron chi connectivity index (χ4n) is 3.28. The summed E-state index contributed by atoms with van der Waals surface area (Å²) in [6.07, 6.45) is 0. The molecule has 5 nitrogen and oxygen atoms in total. The summed E-state index contributed by atoms with van der Waals surface area (Å²) in [6.45, 7) is 8.21. The van der Waals surface area contributed by atoms with E-state index in [1.807, 2.05) is 12.1 Å². The number of piperazine rings is 1. The van der Waals surface area contributed by atoms with Crippen molar-refractivity contribution >= 4 is 11.6 Å². The van der Waals surface area contributed by atoms with E-state index in [-0.39, 0.29) is 24.9 Å². The molecule has 1 saturated heterocycles. The third kappa shape index (κ3) is 2.91. The van der Waals surface area contributed by atoms with Crippen LogP contribution in [0.1, 0.15) is 25.5 Å². The summed E-state index contributed by atoms with van der Waals surface area (Å²) in [5, 5.41) is 13.9. The molecule has 3 rings (SSSR count). The van der Waals surface area contributed by atoms with Crippen LogP contribution in [0, 0.1) is 5.41 Å². The van der Waals surface area contributed by atoms with E-state index in [9.17, 15) is 5.11 Å². The first-order chi connectivity index (χ1) is 10.5. The topological polar surface area (TPSA) is 54.0 Å². The lowest BCUT2D eigenvalue weighted by Crippen LogP contribution is -2.49. The molecule has 0 bridgehead atoms. The van der Waals surface area contributed by atoms with E-state index in [1.165, 1.54) is 0 Å². The van der Waals surface area contributed by atoms with Crippen molar-refractivity contribution in [3.8, 4) is 11.5 Å². The second-order valence-electron chi connectivity index (χ2n) is 6.56. The Morgan fingerprint density at radius 2 is 1.91 bits per heavy atom. The van der Waals surface area contributed by atoms with Crippen molar-refractivity contribution in [3.05, 3.63) is 22.7 Å². The van der Waals surface area contributed by atoms with Crippen molar-refractivity contribution in [1.82, 2.24) is 10.2 Å². The molecule has 1 fully saturated rings. The number of aliphatic hydroxyl groups is 1. The zero-order chi connectivity index (χ0) is 15.7. The lowest BCUT2D eigenvalue weighted by molar-refractivity contribution is 0.0305. The average Bonchev–Trinajstić information content (AvgIpc) is 2.95. The fraction of sp³-hybridized carbons (Fsp3) is 0.625. The first-order valence-electron chi connectivity index (χ1n) is 7.67. The van der Waals surface area contributed by atoms with Crippen molar-refractivity contribution in [2.24, 2.45) is 5.41 Å². The number of ether oxygens (including phenoxy) is 2. The van der Waals surface area contributed by atoms with Crippen LogP contribution in [0.5, 0.6) is 11.5 Å². The van der Waals surface area contributed by atoms with Crippen LogP contribution in [-0.2, 0) is 0 Å². The molecule has 1 atom stereocenters. The van der Waals surface area contributed by atoms with Gasteiger partial charge in [-0.15, -0.1) is 0 Å². The number of hydrogen-bond acceptors (Lipinski definition) is 5. The average molecular weight is 327 g/mol. The van der Waals surface area contributed by atoms with Gasteiger partial charge in [0.2, 0.25) is 6.79 Å². The van der Waals surface area contributed by atoms with Crippen LogP contribution in [0.25, 0.3) is 0 Å². The minimum atomic E-state index is -0.311. The summed E-state index contributed by atoms with van der Waals surface area (Å²) in [5.41, 5.74) is 0.682. The lowest BCUT2D eigenvalue weighted by Gasteiger charge is -2.43. The van der Waals surface area contributed by atoms with Gasteiger partial charge in [-0.2, -0.15) is 0 Å². The number of halogens is 1. The van der Waals surface area contributed by atoms with Crippen LogP contribution in [0.2, 0.25) is 5.02 Å². The molecule has 1 aromatic carbocycles. The molecule has 22 heavy (non-hydrogen) atoms. The Balaban J connectivity index is 2.01. The number of benzene rings is 1. The monoisotopic (exact) mass is 326 g/mol. The smallest absolute Gasteiger partial charge is 0.231 e. The van der Waals surface area contributed by atoms with Crippen LogP contribution in [0.15, 0.2) is 12.1 Å². The van der Waals surface area contributed by atoms with Crippen molar-refractivity contribution in [2.45, 2.75) is 19.9 Å². The Kier molecular flexibility index (Phi) is 4.50. The second kappa shape index (κ2) is 6.24. The van der Waals surface area contributed by atoms with Crippen molar-refractivity contribution in [3.63, 3.8) is 0 Å². The molecule has 2 aliphatic rings. The normalized spacial score (nSPS) is 20.2. The highest BCUT2D eigenvalue weighted by atomic mass is 35.5. The highest BCUT2D eigenvalue weighted by Crippen LogP contribution is 2.45. The van der Waals surface area contributed by atoms with Crippen molar-refractivity contribution in [1.29, 1.82) is 0 Å². The number of hydrogen-bond donors (Lipinski definition) is 2. The number of aliphatic hydroxyl groups excluding tert-OH is 1. The van der Waals surface area contributed by atoms with E-state index in [0.717, 1.165) is 37.5 Å². The Morgan fingerprint density at radius 1 is 1.27 bits per heavy atom. The molecular formula is C16H23ClN2O3. The maximum absolute atomic E-state index is 9.90. The van der Waals surface area contributed by atoms with Gasteiger partial charge in [-0.25, -0.2) is 0 Å². The fourth-order valence-corrected chi connectivity index (χ4v) is 3.54. The molecule has 0 aromatic heterocycles. The standard InChI is InChI=1S/C16H23ClN2O3/c1-16(2,9-20)15(19-5-3-18-4-6-19)11-7-13-14(8-12(11)17)22-10-21-13/h7-8,15,18,20H,3-6,9-10H2,1-2H3/t15-/m1/s1. The van der Waals surface area contributed by atoms with Gasteiger partial charge in [0.1, 0.15) is 0 Å². The van der Waals surface area contributed by atoms with Gasteiger partial charge in [0.25, 0.3) is 0 Å². The van der Waals surface area contributed by atoms with E-state index < -0.39 is 0 Å². The molecule has 2 aliphatic heterocycles. The van der Waals surface area contributed by atoms with Gasteiger partial charge in [0.15, 0.2) is 11.5 Å². The second-order valence-corrected chi connectivity index (χ2v) is 6.97. The third-order valence-corrected chi connectivity index (χ3v) is 4.78. The van der Waals surface area contributed by atoms with Gasteiger partial charge < -0.3 is 19.9 Å². The molecule has 0 unspecified atom stereocenters. The predicted octanol–water partition coefficient (Wildman–Crippen LogP) is 2.03. The predicted molar refractivity (Wildman–Crippen MR) is 85.6 cm³/mol. The van der Waals surface area contributed by atoms with E-state index in [0.29, 0.717) is 10.8 Å². The number of nitrogens with one attached hydrogen (secondary N) is 1. The summed E-state index contributed by atoms with van der Waals surface area (Å²) in [5.74, 6) is 1.42. The van der Waals surface area contributed by atoms with Crippen LogP contribution < -0.4 is 14.8 Å². The summed E-state index contributed by atoms with van der Waals surface area (Å²) < 4.78 is 10.9. The number of fused-ring (bicyclic) bond motifs is 1. The summed E-state index contributed by atoms with van der Waals surface area (Å²) >= 11 is 6.53. The van der Waals surface area contributed by atoms with Gasteiger partial charge in [-0.1, -0.05) is 25.4 Å². The van der Waals surface area contributed by atoms with Gasteiger partial charge >= 0.3 is 0 Å². The summed E-state index contributed by atoms with van der Waals surface area (Å²) in [7, 11) is 0. The molecule has 0 saturated carbocycles. The molecule has 2 N–H and O–H groups in total. The van der Waals surface area contributed by atoms with E-state index in [4.69, 9.17) is 21.1 Å². The third-order valence-electron chi connectivity index (χ3n) is 4.45. The molecule has 6 heteroatoms. The lowest BCUT2D eigenvalue weighted by atomic mass is 9.79. The first kappa shape index (κ1) is 15.9. The SMILES string of the molecule is CC(C)(CO)[C@@H](c1cc2c(cc1Cl)OCO2)N1CCNCC1. The Bertz CT molecular complexity index is 544. The number of rotatable bonds is 4. The molecule has 0 radical (unpaired) electrons. The molecule has 0 amide bonds. The molecule has 1 aromatic rings. The highest BCUT2D eigenvalue weighted by molar-refractivity contribution is 6.31. The maximum Gasteiger partial charge on any atom is 0.231 e. The van der Waals surface area contributed by atoms with Crippen molar-refractivity contribution < 1.29 is 14.6 Å². The summed E-state index contributed by atoms with van der Waals surface area (Å²) in [6, 6.07) is 3.82. The summed E-state index contributed by atoms with van der Waals surface area (Å²) in [4.78, 5) is 2.39. The van der Waals surface area contributed by atoms with Crippen LogP contribution in [0.4, 0.5) is 0 Å². The van der Waals surface area contributed by atoms with E-state index in [2.05, 4.69) is 24.1 Å². The van der Waals surface area contributed by atoms with Gasteiger partial charge in [0.05, 0.1) is 0 Å². The van der Waals surface area contributed by atoms with Crippen molar-refractivity contribution in [2.75, 3.05) is 39.6 Å². The van der Waals surface area contributed by atoms with Crippen LogP contribution >= 0.6 is 11.6 Å². The molecular weight excluding hydrogens is 304 g/mol. The minimum absolute atomic E-state index is 0.0293. The zero-order valence-corrected chi connectivity index (χ0v) is 13.8. The maximum atomic E-state index is 9.90. The minimum Gasteiger partial charge on any atom is -0.454 e. The van der Waals surface area contributed by atoms with Gasteiger partial charge in [-0.05, 0) is 11.6 Å². The Hall–Kier alpha value is -1.01. The largest absolute Gasteiger partial charge is 0.454 e. The Labute approximate surface area is 136 Å². The molecule has 0 aliphatic carbocycles. The van der Waals surface area contributed by atoms with E-state index in [1.54, 1.807) is 0 Å². The van der Waals surface area contributed by atoms with E-state index >= 15 is 0 Å². The highest BCUT2D eigenvalue weighted by Gasteiger charge is 2.37. The molecule has 2 heterocycles. The quantitative estimate of drug-likeness (QED) is 0.886. The molecule has 0 spiro atoms. The van der Waals surface area contributed by atoms with Gasteiger partial charge in [0, 0.05) is 55.3 Å². The Morgan fingerprint density at radius 3 is 2.55 bits per heavy atom. The zero-order valence-electron chi connectivity index (χ0n) is 13.1.